The molecule has 112 valence electrons. The summed E-state index contributed by atoms with van der Waals surface area (Å²) >= 11 is 14.0. The Morgan fingerprint density at radius 2 is 2.05 bits per heavy atom. The van der Waals surface area contributed by atoms with E-state index in [0.29, 0.717) is 32.2 Å². The molecule has 0 fully saturated rings. The summed E-state index contributed by atoms with van der Waals surface area (Å²) in [5.41, 5.74) is 0.887. The number of nitrogens with one attached hydrogen (secondary N) is 1. The second-order valence-corrected chi connectivity index (χ2v) is 6.30. The molecule has 0 saturated heterocycles. The number of carbonyl (C=O) groups is 1. The first-order chi connectivity index (χ1) is 10.1. The third-order valence-electron chi connectivity index (χ3n) is 2.95. The van der Waals surface area contributed by atoms with Gasteiger partial charge in [0.15, 0.2) is 0 Å². The Labute approximate surface area is 147 Å². The van der Waals surface area contributed by atoms with Gasteiger partial charge in [0.25, 0.3) is 0 Å². The van der Waals surface area contributed by atoms with Crippen LogP contribution in [0.5, 0.6) is 5.75 Å². The molecule has 0 bridgehead atoms. The fourth-order valence-corrected chi connectivity index (χ4v) is 2.96. The Hall–Kier alpha value is -0.720. The van der Waals surface area contributed by atoms with Crippen LogP contribution in [0, 0.1) is 3.57 Å². The standard InChI is InChI=1S/C15H14Cl2INO2/c1-2-3-8-21-10-7-5-4-6-9(10)14(20)13-12(18)11(16)15(17)19-13/h4-7,19H,2-3,8H2,1H3. The molecule has 0 aliphatic heterocycles. The van der Waals surface area contributed by atoms with Crippen LogP contribution in [0.4, 0.5) is 0 Å². The van der Waals surface area contributed by atoms with Crippen LogP contribution >= 0.6 is 45.8 Å². The minimum absolute atomic E-state index is 0.180. The van der Waals surface area contributed by atoms with Crippen molar-refractivity contribution in [2.24, 2.45) is 0 Å². The Morgan fingerprint density at radius 3 is 2.67 bits per heavy atom. The number of carbonyl (C=O) groups excluding carboxylic acids is 1. The van der Waals surface area contributed by atoms with E-state index in [0.717, 1.165) is 12.8 Å². The average molecular weight is 438 g/mol. The van der Waals surface area contributed by atoms with E-state index in [-0.39, 0.29) is 10.9 Å². The van der Waals surface area contributed by atoms with E-state index in [9.17, 15) is 4.79 Å². The lowest BCUT2D eigenvalue weighted by atomic mass is 10.1. The maximum absolute atomic E-state index is 12.7. The first kappa shape index (κ1) is 16.6. The van der Waals surface area contributed by atoms with Crippen LogP contribution < -0.4 is 4.74 Å². The molecule has 1 heterocycles. The number of ketones is 1. The third kappa shape index (κ3) is 3.73. The summed E-state index contributed by atoms with van der Waals surface area (Å²) in [5.74, 6) is 0.397. The van der Waals surface area contributed by atoms with Crippen LogP contribution in [-0.2, 0) is 0 Å². The molecule has 6 heteroatoms. The van der Waals surface area contributed by atoms with Gasteiger partial charge < -0.3 is 9.72 Å². The second kappa shape index (κ2) is 7.51. The molecule has 2 aromatic rings. The summed E-state index contributed by atoms with van der Waals surface area (Å²) < 4.78 is 6.31. The molecule has 1 aromatic carbocycles. The number of H-pyrrole nitrogens is 1. The summed E-state index contributed by atoms with van der Waals surface area (Å²) in [6, 6.07) is 7.18. The fourth-order valence-electron chi connectivity index (χ4n) is 1.82. The zero-order chi connectivity index (χ0) is 15.4. The predicted molar refractivity (Wildman–Crippen MR) is 93.8 cm³/mol. The van der Waals surface area contributed by atoms with Gasteiger partial charge in [0.05, 0.1) is 20.8 Å². The Balaban J connectivity index is 2.32. The van der Waals surface area contributed by atoms with Crippen LogP contribution in [0.3, 0.4) is 0 Å². The number of aromatic amines is 1. The molecule has 21 heavy (non-hydrogen) atoms. The molecule has 0 unspecified atom stereocenters. The molecule has 0 radical (unpaired) electrons. The van der Waals surface area contributed by atoms with Gasteiger partial charge >= 0.3 is 0 Å². The number of aromatic nitrogens is 1. The van der Waals surface area contributed by atoms with Crippen LogP contribution in [0.1, 0.15) is 35.8 Å². The fraction of sp³-hybridized carbons (Fsp3) is 0.267. The third-order valence-corrected chi connectivity index (χ3v) is 5.11. The first-order valence-electron chi connectivity index (χ1n) is 6.55. The van der Waals surface area contributed by atoms with Gasteiger partial charge in [-0.05, 0) is 41.1 Å². The number of ether oxygens (including phenoxy) is 1. The minimum Gasteiger partial charge on any atom is -0.493 e. The van der Waals surface area contributed by atoms with E-state index in [2.05, 4.69) is 11.9 Å². The summed E-state index contributed by atoms with van der Waals surface area (Å²) in [7, 11) is 0. The number of rotatable bonds is 6. The van der Waals surface area contributed by atoms with Crippen LogP contribution in [0.25, 0.3) is 0 Å². The van der Waals surface area contributed by atoms with E-state index in [1.807, 2.05) is 28.7 Å². The van der Waals surface area contributed by atoms with Crippen molar-refractivity contribution < 1.29 is 9.53 Å². The van der Waals surface area contributed by atoms with Gasteiger partial charge in [-0.25, -0.2) is 0 Å². The predicted octanol–water partition coefficient (Wildman–Crippen LogP) is 5.34. The van der Waals surface area contributed by atoms with Crippen molar-refractivity contribution in [1.82, 2.24) is 4.98 Å². The lowest BCUT2D eigenvalue weighted by molar-refractivity contribution is 0.103. The van der Waals surface area contributed by atoms with Gasteiger partial charge in [-0.15, -0.1) is 0 Å². The number of halogens is 3. The molecule has 1 aromatic heterocycles. The molecular weight excluding hydrogens is 424 g/mol. The highest BCUT2D eigenvalue weighted by molar-refractivity contribution is 14.1. The molecule has 3 nitrogen and oxygen atoms in total. The molecule has 0 saturated carbocycles. The van der Waals surface area contributed by atoms with Crippen molar-refractivity contribution in [2.45, 2.75) is 19.8 Å². The lowest BCUT2D eigenvalue weighted by Gasteiger charge is -2.10. The second-order valence-electron chi connectivity index (χ2n) is 4.47. The number of unbranched alkanes of at least 4 members (excludes halogenated alkanes) is 1. The molecule has 1 N–H and O–H groups in total. The molecular formula is C15H14Cl2INO2. The van der Waals surface area contributed by atoms with Gasteiger partial charge in [0.2, 0.25) is 5.78 Å². The van der Waals surface area contributed by atoms with Crippen LogP contribution in [0.2, 0.25) is 10.2 Å². The lowest BCUT2D eigenvalue weighted by Crippen LogP contribution is -2.08. The Bertz CT molecular complexity index is 655. The maximum atomic E-state index is 12.7. The maximum Gasteiger partial charge on any atom is 0.214 e. The zero-order valence-corrected chi connectivity index (χ0v) is 15.1. The van der Waals surface area contributed by atoms with Crippen molar-refractivity contribution in [3.63, 3.8) is 0 Å². The smallest absolute Gasteiger partial charge is 0.214 e. The topological polar surface area (TPSA) is 42.1 Å². The molecule has 0 atom stereocenters. The molecule has 0 spiro atoms. The van der Waals surface area contributed by atoms with E-state index in [1.165, 1.54) is 0 Å². The van der Waals surface area contributed by atoms with Crippen molar-refractivity contribution in [1.29, 1.82) is 0 Å². The number of para-hydroxylation sites is 1. The van der Waals surface area contributed by atoms with Crippen molar-refractivity contribution in [3.8, 4) is 5.75 Å². The highest BCUT2D eigenvalue weighted by Crippen LogP contribution is 2.32. The molecule has 2 rings (SSSR count). The van der Waals surface area contributed by atoms with E-state index < -0.39 is 0 Å². The van der Waals surface area contributed by atoms with Gasteiger partial charge in [-0.1, -0.05) is 48.7 Å². The Morgan fingerprint density at radius 1 is 1.33 bits per heavy atom. The molecule has 0 aliphatic rings. The summed E-state index contributed by atoms with van der Waals surface area (Å²) in [4.78, 5) is 15.5. The van der Waals surface area contributed by atoms with Gasteiger partial charge in [0.1, 0.15) is 16.6 Å². The van der Waals surface area contributed by atoms with E-state index in [1.54, 1.807) is 18.2 Å². The number of hydrogen-bond acceptors (Lipinski definition) is 2. The number of hydrogen-bond donors (Lipinski definition) is 1. The zero-order valence-electron chi connectivity index (χ0n) is 11.4. The quantitative estimate of drug-likeness (QED) is 0.376. The monoisotopic (exact) mass is 437 g/mol. The highest BCUT2D eigenvalue weighted by atomic mass is 127. The normalized spacial score (nSPS) is 10.7. The number of benzene rings is 1. The average Bonchev–Trinajstić information content (AvgIpc) is 2.75. The highest BCUT2D eigenvalue weighted by Gasteiger charge is 2.22. The summed E-state index contributed by atoms with van der Waals surface area (Å²) in [5, 5.41) is 0.638. The van der Waals surface area contributed by atoms with E-state index >= 15 is 0 Å². The van der Waals surface area contributed by atoms with Crippen molar-refractivity contribution >= 4 is 51.6 Å². The van der Waals surface area contributed by atoms with Gasteiger partial charge in [0, 0.05) is 0 Å². The largest absolute Gasteiger partial charge is 0.493 e. The minimum atomic E-state index is -0.180. The SMILES string of the molecule is CCCCOc1ccccc1C(=O)c1[nH]c(Cl)c(Cl)c1I. The van der Waals surface area contributed by atoms with Crippen molar-refractivity contribution in [3.05, 3.63) is 49.3 Å². The van der Waals surface area contributed by atoms with Crippen LogP contribution in [0.15, 0.2) is 24.3 Å². The molecule has 0 aliphatic carbocycles. The van der Waals surface area contributed by atoms with Crippen LogP contribution in [-0.4, -0.2) is 17.4 Å². The summed E-state index contributed by atoms with van der Waals surface area (Å²) in [6.45, 7) is 2.68. The first-order valence-corrected chi connectivity index (χ1v) is 8.38. The summed E-state index contributed by atoms with van der Waals surface area (Å²) in [6.07, 6.45) is 1.98. The molecule has 0 amide bonds. The van der Waals surface area contributed by atoms with Crippen molar-refractivity contribution in [2.75, 3.05) is 6.61 Å². The van der Waals surface area contributed by atoms with Gasteiger partial charge in [-0.3, -0.25) is 4.79 Å². The van der Waals surface area contributed by atoms with Gasteiger partial charge in [-0.2, -0.15) is 0 Å². The van der Waals surface area contributed by atoms with E-state index in [4.69, 9.17) is 27.9 Å². The Kier molecular flexibility index (Phi) is 5.96.